The fourth-order valence-corrected chi connectivity index (χ4v) is 6.25. The molecule has 1 saturated carbocycles. The molecule has 10 heteroatoms. The Bertz CT molecular complexity index is 1690. The molecule has 38 heavy (non-hydrogen) atoms. The van der Waals surface area contributed by atoms with E-state index in [0.29, 0.717) is 12.3 Å². The van der Waals surface area contributed by atoms with Crippen molar-refractivity contribution in [2.75, 3.05) is 0 Å². The minimum atomic E-state index is -0.540. The number of imidazole rings is 2. The molecule has 7 rings (SSSR count). The van der Waals surface area contributed by atoms with Crippen molar-refractivity contribution < 1.29 is 13.8 Å². The average molecular weight is 621 g/mol. The molecule has 1 unspecified atom stereocenters. The summed E-state index contributed by atoms with van der Waals surface area (Å²) in [5.74, 6) is 2.50. The topological polar surface area (TPSA) is 90.5 Å². The van der Waals surface area contributed by atoms with Gasteiger partial charge in [0, 0.05) is 27.4 Å². The van der Waals surface area contributed by atoms with Crippen molar-refractivity contribution in [3.05, 3.63) is 63.6 Å². The second-order valence-corrected chi connectivity index (χ2v) is 12.4. The highest BCUT2D eigenvalue weighted by molar-refractivity contribution is 14.1. The summed E-state index contributed by atoms with van der Waals surface area (Å²) >= 11 is 2.38. The van der Waals surface area contributed by atoms with Crippen LogP contribution in [0.4, 0.5) is 0 Å². The number of fused-ring (bicyclic) bond motifs is 2. The van der Waals surface area contributed by atoms with Crippen LogP contribution in [-0.4, -0.2) is 42.8 Å². The largest absolute Gasteiger partial charge is 0.514 e. The number of aryl methyl sites for hydroxylation is 2. The molecule has 1 atom stereocenters. The molecule has 1 N–H and O–H groups in total. The van der Waals surface area contributed by atoms with Crippen molar-refractivity contribution in [3.8, 4) is 11.1 Å². The molecular formula is C28H29BIN5O3. The number of aromatic amines is 1. The van der Waals surface area contributed by atoms with Gasteiger partial charge >= 0.3 is 7.12 Å². The van der Waals surface area contributed by atoms with Gasteiger partial charge in [-0.15, -0.1) is 0 Å². The highest BCUT2D eigenvalue weighted by Gasteiger charge is 2.55. The Hall–Kier alpha value is -2.70. The lowest BCUT2D eigenvalue weighted by molar-refractivity contribution is -0.0154. The van der Waals surface area contributed by atoms with E-state index in [2.05, 4.69) is 70.6 Å². The monoisotopic (exact) mass is 621 g/mol. The number of aromatic nitrogens is 5. The molecule has 1 saturated heterocycles. The van der Waals surface area contributed by atoms with Gasteiger partial charge in [0.25, 0.3) is 0 Å². The maximum atomic E-state index is 6.64. The molecule has 0 radical (unpaired) electrons. The molecular weight excluding hydrogens is 592 g/mol. The Morgan fingerprint density at radius 2 is 2.03 bits per heavy atom. The molecule has 1 aliphatic heterocycles. The van der Waals surface area contributed by atoms with Gasteiger partial charge in [0.15, 0.2) is 0 Å². The van der Waals surface area contributed by atoms with E-state index in [9.17, 15) is 0 Å². The zero-order valence-corrected chi connectivity index (χ0v) is 24.1. The normalized spacial score (nSPS) is 21.2. The minimum absolute atomic E-state index is 0.504. The summed E-state index contributed by atoms with van der Waals surface area (Å²) in [5, 5.41) is 4.48. The number of rotatable bonds is 6. The summed E-state index contributed by atoms with van der Waals surface area (Å²) in [6.07, 6.45) is 7.68. The second kappa shape index (κ2) is 8.66. The molecule has 0 amide bonds. The molecule has 5 heterocycles. The van der Waals surface area contributed by atoms with Gasteiger partial charge in [0.05, 0.1) is 28.0 Å². The van der Waals surface area contributed by atoms with Crippen LogP contribution in [0, 0.1) is 10.5 Å². The first-order valence-electron chi connectivity index (χ1n) is 13.1. The summed E-state index contributed by atoms with van der Waals surface area (Å²) in [4.78, 5) is 12.9. The summed E-state index contributed by atoms with van der Waals surface area (Å²) < 4.78 is 22.0. The zero-order valence-electron chi connectivity index (χ0n) is 21.9. The second-order valence-electron chi connectivity index (χ2n) is 11.2. The lowest BCUT2D eigenvalue weighted by Crippen LogP contribution is -2.45. The first kappa shape index (κ1) is 24.4. The van der Waals surface area contributed by atoms with E-state index in [4.69, 9.17) is 18.8 Å². The minimum Gasteiger partial charge on any atom is -0.398 e. The number of H-pyrrole nitrogens is 1. The van der Waals surface area contributed by atoms with E-state index < -0.39 is 18.3 Å². The van der Waals surface area contributed by atoms with Crippen molar-refractivity contribution in [3.63, 3.8) is 0 Å². The van der Waals surface area contributed by atoms with E-state index in [1.54, 1.807) is 0 Å². The molecule has 1 aliphatic carbocycles. The van der Waals surface area contributed by atoms with Crippen LogP contribution in [-0.2, 0) is 15.7 Å². The van der Waals surface area contributed by atoms with E-state index in [1.165, 1.54) is 12.8 Å². The summed E-state index contributed by atoms with van der Waals surface area (Å²) in [7, 11) is -0.504. The first-order chi connectivity index (χ1) is 18.2. The van der Waals surface area contributed by atoms with Gasteiger partial charge in [0.1, 0.15) is 22.7 Å². The average Bonchev–Trinajstić information content (AvgIpc) is 3.22. The predicted molar refractivity (Wildman–Crippen MR) is 155 cm³/mol. The van der Waals surface area contributed by atoms with Gasteiger partial charge in [-0.25, -0.2) is 9.97 Å². The van der Waals surface area contributed by atoms with E-state index in [-0.39, 0.29) is 0 Å². The molecule has 1 aromatic carbocycles. The van der Waals surface area contributed by atoms with Crippen LogP contribution in [0.1, 0.15) is 63.2 Å². The SMILES string of the molecule is Cc1onc(CCC2(C)OB(c3cnc4ccccn34)OC2(C)C)c1-c1cc(I)c2nc(C3CC3)[nH]c2c1. The van der Waals surface area contributed by atoms with Crippen LogP contribution in [0.3, 0.4) is 0 Å². The standard InChI is InChI=1S/C28H29BIN5O3/c1-16-24(18-13-19(30)25-21(14-18)32-26(33-25)17-8-9-17)20(34-36-16)10-11-28(4)27(2,3)37-29(38-28)22-15-31-23-7-5-6-12-35(22)23/h5-7,12-15,17H,8-11H2,1-4H3,(H,32,33). The number of pyridine rings is 1. The number of hydrogen-bond acceptors (Lipinski definition) is 6. The highest BCUT2D eigenvalue weighted by Crippen LogP contribution is 2.42. The van der Waals surface area contributed by atoms with Crippen molar-refractivity contribution in [1.82, 2.24) is 24.5 Å². The summed E-state index contributed by atoms with van der Waals surface area (Å²) in [5.41, 5.74) is 5.89. The smallest absolute Gasteiger partial charge is 0.398 e. The third kappa shape index (κ3) is 3.91. The molecule has 8 nitrogen and oxygen atoms in total. The highest BCUT2D eigenvalue weighted by atomic mass is 127. The maximum absolute atomic E-state index is 6.64. The van der Waals surface area contributed by atoms with E-state index >= 15 is 0 Å². The van der Waals surface area contributed by atoms with Crippen molar-refractivity contribution in [2.45, 2.75) is 70.5 Å². The third-order valence-corrected chi connectivity index (χ3v) is 9.14. The number of benzene rings is 1. The molecule has 0 bridgehead atoms. The number of halogens is 1. The van der Waals surface area contributed by atoms with Crippen LogP contribution in [0.2, 0.25) is 0 Å². The molecule has 2 fully saturated rings. The predicted octanol–water partition coefficient (Wildman–Crippen LogP) is 5.57. The van der Waals surface area contributed by atoms with Gasteiger partial charge in [-0.1, -0.05) is 11.2 Å². The van der Waals surface area contributed by atoms with Crippen LogP contribution in [0.15, 0.2) is 47.2 Å². The Balaban J connectivity index is 1.17. The van der Waals surface area contributed by atoms with Crippen LogP contribution < -0.4 is 5.59 Å². The fraction of sp³-hybridized carbons (Fsp3) is 0.393. The number of nitrogens with zero attached hydrogens (tertiary/aromatic N) is 4. The van der Waals surface area contributed by atoms with Crippen LogP contribution in [0.5, 0.6) is 0 Å². The molecule has 2 aliphatic rings. The Labute approximate surface area is 234 Å². The maximum Gasteiger partial charge on any atom is 0.514 e. The Morgan fingerprint density at radius 1 is 1.18 bits per heavy atom. The number of hydrogen-bond donors (Lipinski definition) is 1. The molecule has 5 aromatic rings. The van der Waals surface area contributed by atoms with Crippen LogP contribution >= 0.6 is 22.6 Å². The first-order valence-corrected chi connectivity index (χ1v) is 14.2. The van der Waals surface area contributed by atoms with Gasteiger partial charge in [0.2, 0.25) is 0 Å². The lowest BCUT2D eigenvalue weighted by atomic mass is 9.83. The lowest BCUT2D eigenvalue weighted by Gasteiger charge is -2.36. The zero-order chi connectivity index (χ0) is 26.2. The van der Waals surface area contributed by atoms with E-state index in [1.807, 2.05) is 41.9 Å². The van der Waals surface area contributed by atoms with Gasteiger partial charge < -0.3 is 23.2 Å². The third-order valence-electron chi connectivity index (χ3n) is 8.31. The fourth-order valence-electron chi connectivity index (χ4n) is 5.51. The Morgan fingerprint density at radius 3 is 2.84 bits per heavy atom. The summed E-state index contributed by atoms with van der Waals surface area (Å²) in [6.45, 7) is 8.29. The summed E-state index contributed by atoms with van der Waals surface area (Å²) in [6, 6.07) is 10.3. The molecule has 0 spiro atoms. The van der Waals surface area contributed by atoms with Gasteiger partial charge in [-0.3, -0.25) is 0 Å². The van der Waals surface area contributed by atoms with Crippen molar-refractivity contribution in [1.29, 1.82) is 0 Å². The van der Waals surface area contributed by atoms with Crippen molar-refractivity contribution >= 4 is 52.0 Å². The van der Waals surface area contributed by atoms with Crippen LogP contribution in [0.25, 0.3) is 27.8 Å². The number of nitrogens with one attached hydrogen (secondary N) is 1. The van der Waals surface area contributed by atoms with Gasteiger partial charge in [-0.05, 0) is 106 Å². The van der Waals surface area contributed by atoms with Gasteiger partial charge in [-0.2, -0.15) is 0 Å². The van der Waals surface area contributed by atoms with Crippen molar-refractivity contribution in [2.24, 2.45) is 0 Å². The Kier molecular flexibility index (Phi) is 5.55. The van der Waals surface area contributed by atoms with E-state index in [0.717, 1.165) is 60.7 Å². The molecule has 194 valence electrons. The molecule has 4 aromatic heterocycles. The quantitative estimate of drug-likeness (QED) is 0.197.